The van der Waals surface area contributed by atoms with Crippen molar-refractivity contribution in [2.45, 2.75) is 25.9 Å². The van der Waals surface area contributed by atoms with E-state index >= 15 is 0 Å². The molecule has 1 aliphatic heterocycles. The highest BCUT2D eigenvalue weighted by Gasteiger charge is 2.41. The van der Waals surface area contributed by atoms with Crippen molar-refractivity contribution in [2.24, 2.45) is 5.92 Å². The molecule has 168 valence electrons. The summed E-state index contributed by atoms with van der Waals surface area (Å²) in [4.78, 5) is 23.5. The predicted octanol–water partition coefficient (Wildman–Crippen LogP) is 5.29. The lowest BCUT2D eigenvalue weighted by Gasteiger charge is -2.25. The van der Waals surface area contributed by atoms with E-state index in [1.807, 2.05) is 43.0 Å². The molecule has 0 N–H and O–H groups in total. The number of likely N-dealkylation sites (tertiary alicyclic amines) is 1. The van der Waals surface area contributed by atoms with E-state index in [1.165, 1.54) is 6.20 Å². The Bertz CT molecular complexity index is 1210. The molecule has 1 aliphatic rings. The van der Waals surface area contributed by atoms with Gasteiger partial charge in [0.2, 0.25) is 5.88 Å². The average molecular weight is 481 g/mol. The summed E-state index contributed by atoms with van der Waals surface area (Å²) in [6.45, 7) is 4.90. The molecule has 0 spiro atoms. The topological polar surface area (TPSA) is 79.1 Å². The van der Waals surface area contributed by atoms with Crippen LogP contribution in [0, 0.1) is 24.2 Å². The van der Waals surface area contributed by atoms with E-state index in [4.69, 9.17) is 33.2 Å². The quantitative estimate of drug-likeness (QED) is 0.495. The van der Waals surface area contributed by atoms with E-state index in [-0.39, 0.29) is 23.8 Å². The van der Waals surface area contributed by atoms with E-state index < -0.39 is 0 Å². The highest BCUT2D eigenvalue weighted by atomic mass is 35.5. The minimum absolute atomic E-state index is 0.0121. The zero-order chi connectivity index (χ0) is 23.5. The molecule has 1 unspecified atom stereocenters. The zero-order valence-electron chi connectivity index (χ0n) is 18.2. The lowest BCUT2D eigenvalue weighted by molar-refractivity contribution is 0.0764. The lowest BCUT2D eigenvalue weighted by atomic mass is 9.86. The van der Waals surface area contributed by atoms with E-state index in [9.17, 15) is 4.79 Å². The first-order chi connectivity index (χ1) is 15.9. The number of pyridine rings is 2. The fraction of sp³-hybridized carbons (Fsp3) is 0.280. The number of halogens is 2. The molecule has 33 heavy (non-hydrogen) atoms. The molecule has 1 amide bonds. The number of aromatic nitrogens is 2. The van der Waals surface area contributed by atoms with Gasteiger partial charge in [-0.15, -0.1) is 0 Å². The number of rotatable bonds is 5. The van der Waals surface area contributed by atoms with Crippen molar-refractivity contribution in [2.75, 3.05) is 13.1 Å². The van der Waals surface area contributed by atoms with Gasteiger partial charge >= 0.3 is 0 Å². The number of hydrogen-bond donors (Lipinski definition) is 0. The summed E-state index contributed by atoms with van der Waals surface area (Å²) in [5, 5.41) is 9.94. The Morgan fingerprint density at radius 3 is 2.64 bits per heavy atom. The first-order valence-corrected chi connectivity index (χ1v) is 11.3. The summed E-state index contributed by atoms with van der Waals surface area (Å²) in [6.07, 6.45) is 2.87. The summed E-state index contributed by atoms with van der Waals surface area (Å²) in [6, 6.07) is 14.6. The van der Waals surface area contributed by atoms with Crippen LogP contribution < -0.4 is 4.74 Å². The number of aryl methyl sites for hydroxylation is 1. The number of hydrogen-bond acceptors (Lipinski definition) is 5. The molecule has 0 aliphatic carbocycles. The van der Waals surface area contributed by atoms with Crippen molar-refractivity contribution in [3.63, 3.8) is 0 Å². The van der Waals surface area contributed by atoms with E-state index in [0.717, 1.165) is 11.1 Å². The van der Waals surface area contributed by atoms with Gasteiger partial charge < -0.3 is 9.64 Å². The van der Waals surface area contributed by atoms with Crippen LogP contribution in [0.5, 0.6) is 5.88 Å². The SMILES string of the molecule is Cc1ccnc(C(=O)N2CC([C@H](C)Oc3ccc(C#N)cn3)[C@@H](c3ccc(Cl)c(Cl)c3)C2)c1. The monoisotopic (exact) mass is 480 g/mol. The third kappa shape index (κ3) is 5.11. The number of benzene rings is 1. The van der Waals surface area contributed by atoms with Gasteiger partial charge in [0.05, 0.1) is 15.6 Å². The largest absolute Gasteiger partial charge is 0.474 e. The second-order valence-electron chi connectivity index (χ2n) is 8.19. The highest BCUT2D eigenvalue weighted by molar-refractivity contribution is 6.42. The normalized spacial score (nSPS) is 18.6. The number of carbonyl (C=O) groups excluding carboxylic acids is 1. The van der Waals surface area contributed by atoms with Gasteiger partial charge in [0, 0.05) is 43.4 Å². The molecule has 6 nitrogen and oxygen atoms in total. The molecular formula is C25H22Cl2N4O2. The van der Waals surface area contributed by atoms with Gasteiger partial charge in [-0.2, -0.15) is 5.26 Å². The van der Waals surface area contributed by atoms with Crippen LogP contribution in [-0.2, 0) is 0 Å². The van der Waals surface area contributed by atoms with Crippen molar-refractivity contribution in [3.8, 4) is 11.9 Å². The summed E-state index contributed by atoms with van der Waals surface area (Å²) < 4.78 is 6.12. The molecule has 3 aromatic rings. The maximum absolute atomic E-state index is 13.2. The van der Waals surface area contributed by atoms with Crippen LogP contribution >= 0.6 is 23.2 Å². The van der Waals surface area contributed by atoms with Gasteiger partial charge in [0.1, 0.15) is 17.9 Å². The summed E-state index contributed by atoms with van der Waals surface area (Å²) in [5.41, 5.74) is 2.86. The summed E-state index contributed by atoms with van der Waals surface area (Å²) >= 11 is 12.4. The number of nitrogens with zero attached hydrogens (tertiary/aromatic N) is 4. The molecule has 1 aromatic carbocycles. The van der Waals surface area contributed by atoms with Crippen LogP contribution in [0.4, 0.5) is 0 Å². The molecule has 1 saturated heterocycles. The van der Waals surface area contributed by atoms with Crippen molar-refractivity contribution < 1.29 is 9.53 Å². The zero-order valence-corrected chi connectivity index (χ0v) is 19.7. The maximum Gasteiger partial charge on any atom is 0.272 e. The van der Waals surface area contributed by atoms with Gasteiger partial charge in [0.25, 0.3) is 5.91 Å². The first-order valence-electron chi connectivity index (χ1n) is 10.6. The van der Waals surface area contributed by atoms with Gasteiger partial charge in [-0.1, -0.05) is 29.3 Å². The Hall–Kier alpha value is -3.14. The van der Waals surface area contributed by atoms with Crippen molar-refractivity contribution >= 4 is 29.1 Å². The van der Waals surface area contributed by atoms with Crippen LogP contribution in [-0.4, -0.2) is 40.0 Å². The molecule has 4 rings (SSSR count). The number of carbonyl (C=O) groups is 1. The first kappa shape index (κ1) is 23.0. The van der Waals surface area contributed by atoms with Gasteiger partial charge in [0.15, 0.2) is 0 Å². The van der Waals surface area contributed by atoms with Gasteiger partial charge in [-0.25, -0.2) is 4.98 Å². The second kappa shape index (κ2) is 9.78. The van der Waals surface area contributed by atoms with Crippen LogP contribution in [0.2, 0.25) is 10.0 Å². The predicted molar refractivity (Wildman–Crippen MR) is 127 cm³/mol. The summed E-state index contributed by atoms with van der Waals surface area (Å²) in [7, 11) is 0. The standard InChI is InChI=1S/C25H22Cl2N4O2/c1-15-7-8-29-23(9-15)25(32)31-13-19(16(2)33-24-6-3-17(11-28)12-30-24)20(14-31)18-4-5-21(26)22(27)10-18/h3-10,12,16,19-20H,13-14H2,1-2H3/t16-,19?,20+/m0/s1. The van der Waals surface area contributed by atoms with E-state index in [1.54, 1.807) is 30.5 Å². The Balaban J connectivity index is 1.61. The van der Waals surface area contributed by atoms with Crippen LogP contribution in [0.3, 0.4) is 0 Å². The second-order valence-corrected chi connectivity index (χ2v) is 9.01. The van der Waals surface area contributed by atoms with Crippen LogP contribution in [0.1, 0.15) is 40.0 Å². The molecule has 1 fully saturated rings. The average Bonchev–Trinajstić information content (AvgIpc) is 3.26. The molecule has 0 saturated carbocycles. The highest BCUT2D eigenvalue weighted by Crippen LogP contribution is 2.38. The molecular weight excluding hydrogens is 459 g/mol. The molecule has 2 aromatic heterocycles. The number of amides is 1. The smallest absolute Gasteiger partial charge is 0.272 e. The molecule has 0 bridgehead atoms. The van der Waals surface area contributed by atoms with Gasteiger partial charge in [-0.3, -0.25) is 9.78 Å². The van der Waals surface area contributed by atoms with E-state index in [0.29, 0.717) is 40.3 Å². The Kier molecular flexibility index (Phi) is 6.83. The Morgan fingerprint density at radius 2 is 1.97 bits per heavy atom. The fourth-order valence-electron chi connectivity index (χ4n) is 4.18. The molecule has 8 heteroatoms. The summed E-state index contributed by atoms with van der Waals surface area (Å²) in [5.74, 6) is 0.282. The fourth-order valence-corrected chi connectivity index (χ4v) is 4.48. The third-order valence-corrected chi connectivity index (χ3v) is 6.67. The number of ether oxygens (including phenoxy) is 1. The van der Waals surface area contributed by atoms with Gasteiger partial charge in [-0.05, 0) is 55.3 Å². The third-order valence-electron chi connectivity index (χ3n) is 5.93. The minimum atomic E-state index is -0.256. The Labute approximate surface area is 202 Å². The van der Waals surface area contributed by atoms with Crippen molar-refractivity contribution in [1.29, 1.82) is 5.26 Å². The lowest BCUT2D eigenvalue weighted by Crippen LogP contribution is -2.32. The maximum atomic E-state index is 13.2. The Morgan fingerprint density at radius 1 is 1.15 bits per heavy atom. The van der Waals surface area contributed by atoms with E-state index in [2.05, 4.69) is 9.97 Å². The molecule has 0 radical (unpaired) electrons. The van der Waals surface area contributed by atoms with Crippen molar-refractivity contribution in [1.82, 2.24) is 14.9 Å². The van der Waals surface area contributed by atoms with Crippen LogP contribution in [0.25, 0.3) is 0 Å². The molecule has 3 heterocycles. The molecule has 3 atom stereocenters. The minimum Gasteiger partial charge on any atom is -0.474 e. The van der Waals surface area contributed by atoms with Crippen LogP contribution in [0.15, 0.2) is 54.9 Å². The van der Waals surface area contributed by atoms with Crippen molar-refractivity contribution in [3.05, 3.63) is 87.3 Å². The number of nitriles is 1.